The van der Waals surface area contributed by atoms with Gasteiger partial charge in [-0.15, -0.1) is 24.0 Å². The summed E-state index contributed by atoms with van der Waals surface area (Å²) < 4.78 is 5.31. The number of nitrogens with one attached hydrogen (secondary N) is 4. The van der Waals surface area contributed by atoms with Gasteiger partial charge in [0, 0.05) is 31.6 Å². The van der Waals surface area contributed by atoms with E-state index in [9.17, 15) is 9.59 Å². The number of halogens is 1. The lowest BCUT2D eigenvalue weighted by Crippen LogP contribution is -2.49. The van der Waals surface area contributed by atoms with E-state index in [1.54, 1.807) is 0 Å². The maximum atomic E-state index is 11.9. The summed E-state index contributed by atoms with van der Waals surface area (Å²) >= 11 is 0. The van der Waals surface area contributed by atoms with Crippen LogP contribution in [0.5, 0.6) is 0 Å². The van der Waals surface area contributed by atoms with E-state index in [1.165, 1.54) is 0 Å². The third-order valence-electron chi connectivity index (χ3n) is 4.11. The van der Waals surface area contributed by atoms with Crippen molar-refractivity contribution in [1.29, 1.82) is 0 Å². The van der Waals surface area contributed by atoms with Crippen LogP contribution < -0.4 is 21.3 Å². The Morgan fingerprint density at radius 3 is 2.38 bits per heavy atom. The van der Waals surface area contributed by atoms with Crippen LogP contribution in [0.25, 0.3) is 0 Å². The van der Waals surface area contributed by atoms with Gasteiger partial charge in [0.25, 0.3) is 0 Å². The number of alkyl carbamates (subject to hydrolysis) is 1. The van der Waals surface area contributed by atoms with Crippen molar-refractivity contribution in [3.63, 3.8) is 0 Å². The molecule has 0 aromatic rings. The van der Waals surface area contributed by atoms with E-state index in [2.05, 4.69) is 33.2 Å². The third-order valence-corrected chi connectivity index (χ3v) is 4.11. The molecule has 0 radical (unpaired) electrons. The number of carbonyl (C=O) groups is 2. The van der Waals surface area contributed by atoms with Gasteiger partial charge in [0.05, 0.1) is 6.54 Å². The molecule has 0 aromatic carbocycles. The average molecular weight is 525 g/mol. The lowest BCUT2D eigenvalue weighted by molar-refractivity contribution is -0.122. The number of hydrogen-bond acceptors (Lipinski definition) is 4. The smallest absolute Gasteiger partial charge is 0.407 e. The molecule has 1 saturated carbocycles. The topological polar surface area (TPSA) is 104 Å². The number of amides is 2. The number of unbranched alkanes of at least 4 members (excludes halogenated alkanes) is 1. The van der Waals surface area contributed by atoms with Crippen molar-refractivity contribution in [3.05, 3.63) is 0 Å². The second kappa shape index (κ2) is 14.7. The molecule has 1 atom stereocenters. The molecule has 2 amide bonds. The maximum absolute atomic E-state index is 11.9. The second-order valence-electron chi connectivity index (χ2n) is 8.19. The Labute approximate surface area is 192 Å². The largest absolute Gasteiger partial charge is 0.444 e. The van der Waals surface area contributed by atoms with Gasteiger partial charge in [0.2, 0.25) is 5.91 Å². The summed E-state index contributed by atoms with van der Waals surface area (Å²) in [7, 11) is 0. The summed E-state index contributed by atoms with van der Waals surface area (Å²) in [5.41, 5.74) is -0.516. The Morgan fingerprint density at radius 2 is 1.83 bits per heavy atom. The molecule has 0 aromatic heterocycles. The zero-order valence-corrected chi connectivity index (χ0v) is 20.9. The highest BCUT2D eigenvalue weighted by Crippen LogP contribution is 2.28. The Kier molecular flexibility index (Phi) is 14.0. The third kappa shape index (κ3) is 14.4. The Hall–Kier alpha value is -1.26. The van der Waals surface area contributed by atoms with Crippen molar-refractivity contribution in [1.82, 2.24) is 21.3 Å². The number of rotatable bonds is 11. The zero-order valence-electron chi connectivity index (χ0n) is 18.6. The van der Waals surface area contributed by atoms with Gasteiger partial charge in [-0.05, 0) is 47.0 Å². The highest BCUT2D eigenvalue weighted by atomic mass is 127. The van der Waals surface area contributed by atoms with Gasteiger partial charge in [-0.2, -0.15) is 0 Å². The molecule has 29 heavy (non-hydrogen) atoms. The summed E-state index contributed by atoms with van der Waals surface area (Å²) in [4.78, 5) is 28.1. The minimum Gasteiger partial charge on any atom is -0.444 e. The first-order valence-electron chi connectivity index (χ1n) is 10.5. The second-order valence-corrected chi connectivity index (χ2v) is 8.19. The van der Waals surface area contributed by atoms with Gasteiger partial charge in [-0.3, -0.25) is 9.79 Å². The first-order valence-corrected chi connectivity index (χ1v) is 10.5. The van der Waals surface area contributed by atoms with Crippen molar-refractivity contribution >= 4 is 41.9 Å². The molecule has 1 rings (SSSR count). The van der Waals surface area contributed by atoms with Crippen molar-refractivity contribution in [3.8, 4) is 0 Å². The van der Waals surface area contributed by atoms with Crippen LogP contribution in [-0.2, 0) is 9.53 Å². The minimum absolute atomic E-state index is 0. The number of ether oxygens (including phenoxy) is 1. The zero-order chi connectivity index (χ0) is 21.0. The first kappa shape index (κ1) is 27.7. The average Bonchev–Trinajstić information content (AvgIpc) is 3.44. The van der Waals surface area contributed by atoms with Crippen LogP contribution in [-0.4, -0.2) is 55.8 Å². The van der Waals surface area contributed by atoms with E-state index in [4.69, 9.17) is 4.74 Å². The van der Waals surface area contributed by atoms with Crippen LogP contribution >= 0.6 is 24.0 Å². The number of nitrogens with zero attached hydrogens (tertiary/aromatic N) is 1. The Balaban J connectivity index is 0.00000784. The Bertz CT molecular complexity index is 519. The summed E-state index contributed by atoms with van der Waals surface area (Å²) in [5, 5.41) is 12.4. The van der Waals surface area contributed by atoms with Crippen molar-refractivity contribution in [2.24, 2.45) is 10.9 Å². The van der Waals surface area contributed by atoms with E-state index in [1.807, 2.05) is 27.7 Å². The number of hydrogen-bond donors (Lipinski definition) is 4. The molecule has 1 unspecified atom stereocenters. The number of carbonyl (C=O) groups excluding carboxylic acids is 2. The lowest BCUT2D eigenvalue weighted by atomic mass is 10.1. The van der Waals surface area contributed by atoms with Gasteiger partial charge in [0.1, 0.15) is 5.60 Å². The van der Waals surface area contributed by atoms with Crippen molar-refractivity contribution < 1.29 is 14.3 Å². The molecule has 1 aliphatic carbocycles. The molecule has 0 heterocycles. The summed E-state index contributed by atoms with van der Waals surface area (Å²) in [5.74, 6) is 1.04. The predicted molar refractivity (Wildman–Crippen MR) is 128 cm³/mol. The van der Waals surface area contributed by atoms with E-state index < -0.39 is 11.7 Å². The first-order chi connectivity index (χ1) is 13.2. The molecular weight excluding hydrogens is 485 g/mol. The van der Waals surface area contributed by atoms with Crippen molar-refractivity contribution in [2.75, 3.05) is 26.2 Å². The molecule has 4 N–H and O–H groups in total. The SMILES string of the molecule is CCCCC(CNC(=O)OC(C)(C)C)NC(=NCCNC(=O)C1CC1)NCC.I. The van der Waals surface area contributed by atoms with Crippen LogP contribution in [0, 0.1) is 5.92 Å². The Morgan fingerprint density at radius 1 is 1.14 bits per heavy atom. The fourth-order valence-corrected chi connectivity index (χ4v) is 2.55. The molecular formula is C20H40IN5O3. The van der Waals surface area contributed by atoms with E-state index in [0.717, 1.165) is 38.6 Å². The van der Waals surface area contributed by atoms with E-state index >= 15 is 0 Å². The normalized spacial score (nSPS) is 15.0. The van der Waals surface area contributed by atoms with Crippen LogP contribution in [0.2, 0.25) is 0 Å². The molecule has 0 aliphatic heterocycles. The molecule has 0 spiro atoms. The van der Waals surface area contributed by atoms with Crippen LogP contribution in [0.15, 0.2) is 4.99 Å². The molecule has 1 aliphatic rings. The van der Waals surface area contributed by atoms with Gasteiger partial charge in [-0.25, -0.2) is 4.79 Å². The maximum Gasteiger partial charge on any atom is 0.407 e. The molecule has 1 fully saturated rings. The number of aliphatic imine (C=N–C) groups is 1. The quantitative estimate of drug-likeness (QED) is 0.144. The fourth-order valence-electron chi connectivity index (χ4n) is 2.55. The van der Waals surface area contributed by atoms with E-state index in [0.29, 0.717) is 25.6 Å². The molecule has 9 heteroatoms. The van der Waals surface area contributed by atoms with Crippen LogP contribution in [0.4, 0.5) is 4.79 Å². The summed E-state index contributed by atoms with van der Waals surface area (Å²) in [6, 6.07) is 0.0475. The van der Waals surface area contributed by atoms with Gasteiger partial charge >= 0.3 is 6.09 Å². The fraction of sp³-hybridized carbons (Fsp3) is 0.850. The standard InChI is InChI=1S/C20H39N5O3.HI/c1-6-8-9-16(14-24-19(27)28-20(3,4)5)25-18(21-7-2)23-13-12-22-17(26)15-10-11-15;/h15-16H,6-14H2,1-5H3,(H,22,26)(H,24,27)(H2,21,23,25);1H. The van der Waals surface area contributed by atoms with Crippen LogP contribution in [0.1, 0.15) is 66.7 Å². The summed E-state index contributed by atoms with van der Waals surface area (Å²) in [6.45, 7) is 11.9. The number of guanidine groups is 1. The van der Waals surface area contributed by atoms with Gasteiger partial charge in [-0.1, -0.05) is 19.8 Å². The van der Waals surface area contributed by atoms with Crippen molar-refractivity contribution in [2.45, 2.75) is 78.4 Å². The van der Waals surface area contributed by atoms with E-state index in [-0.39, 0.29) is 41.8 Å². The predicted octanol–water partition coefficient (Wildman–Crippen LogP) is 2.77. The summed E-state index contributed by atoms with van der Waals surface area (Å²) in [6.07, 6.45) is 4.62. The van der Waals surface area contributed by atoms with Gasteiger partial charge in [0.15, 0.2) is 5.96 Å². The highest BCUT2D eigenvalue weighted by Gasteiger charge is 2.29. The monoisotopic (exact) mass is 525 g/mol. The minimum atomic E-state index is -0.516. The highest BCUT2D eigenvalue weighted by molar-refractivity contribution is 14.0. The molecule has 170 valence electrons. The lowest BCUT2D eigenvalue weighted by Gasteiger charge is -2.24. The molecule has 0 bridgehead atoms. The molecule has 0 saturated heterocycles. The molecule has 8 nitrogen and oxygen atoms in total. The van der Waals surface area contributed by atoms with Gasteiger partial charge < -0.3 is 26.0 Å². The van der Waals surface area contributed by atoms with Crippen LogP contribution in [0.3, 0.4) is 0 Å².